The summed E-state index contributed by atoms with van der Waals surface area (Å²) in [4.78, 5) is 26.9. The molecule has 1 aliphatic heterocycles. The fourth-order valence-corrected chi connectivity index (χ4v) is 3.51. The van der Waals surface area contributed by atoms with Gasteiger partial charge in [0.2, 0.25) is 11.8 Å². The Hall–Kier alpha value is -1.10. The largest absolute Gasteiger partial charge is 0.356 e. The van der Waals surface area contributed by atoms with Gasteiger partial charge in [-0.15, -0.1) is 0 Å². The molecule has 0 spiro atoms. The zero-order valence-electron chi connectivity index (χ0n) is 16.6. The van der Waals surface area contributed by atoms with Gasteiger partial charge < -0.3 is 15.5 Å². The molecular formula is C20H39N3O2. The molecule has 1 fully saturated rings. The Kier molecular flexibility index (Phi) is 11.5. The number of nitrogens with one attached hydrogen (secondary N) is 2. The third kappa shape index (κ3) is 9.24. The van der Waals surface area contributed by atoms with Gasteiger partial charge in [0.25, 0.3) is 0 Å². The maximum absolute atomic E-state index is 12.4. The van der Waals surface area contributed by atoms with Crippen molar-refractivity contribution < 1.29 is 9.59 Å². The number of nitrogens with zero attached hydrogens (tertiary/aromatic N) is 1. The number of carbonyl (C=O) groups is 2. The highest BCUT2D eigenvalue weighted by Gasteiger charge is 2.33. The molecular weight excluding hydrogens is 314 g/mol. The molecule has 0 unspecified atom stereocenters. The van der Waals surface area contributed by atoms with Gasteiger partial charge in [0.05, 0.1) is 11.8 Å². The molecule has 2 N–H and O–H groups in total. The van der Waals surface area contributed by atoms with Crippen LogP contribution in [0.1, 0.15) is 71.6 Å². The van der Waals surface area contributed by atoms with Crippen molar-refractivity contribution in [3.8, 4) is 0 Å². The van der Waals surface area contributed by atoms with Crippen LogP contribution in [-0.4, -0.2) is 49.9 Å². The summed E-state index contributed by atoms with van der Waals surface area (Å²) in [7, 11) is 2.00. The van der Waals surface area contributed by atoms with Crippen LogP contribution in [0.5, 0.6) is 0 Å². The Balaban J connectivity index is 2.32. The predicted molar refractivity (Wildman–Crippen MR) is 103 cm³/mol. The van der Waals surface area contributed by atoms with Crippen LogP contribution in [-0.2, 0) is 9.59 Å². The molecule has 0 saturated carbocycles. The van der Waals surface area contributed by atoms with E-state index in [0.29, 0.717) is 6.42 Å². The second-order valence-corrected chi connectivity index (χ2v) is 7.55. The smallest absolute Gasteiger partial charge is 0.224 e. The minimum atomic E-state index is -0.0687. The fourth-order valence-electron chi connectivity index (χ4n) is 3.51. The van der Waals surface area contributed by atoms with Crippen LogP contribution >= 0.6 is 0 Å². The molecule has 1 saturated heterocycles. The molecule has 1 rings (SSSR count). The van der Waals surface area contributed by atoms with Crippen molar-refractivity contribution >= 4 is 11.8 Å². The van der Waals surface area contributed by atoms with Crippen molar-refractivity contribution in [2.75, 3.05) is 33.2 Å². The summed E-state index contributed by atoms with van der Waals surface area (Å²) in [5.74, 6) is 0.0918. The summed E-state index contributed by atoms with van der Waals surface area (Å²) in [6.07, 6.45) is 9.96. The highest BCUT2D eigenvalue weighted by molar-refractivity contribution is 5.82. The van der Waals surface area contributed by atoms with Gasteiger partial charge >= 0.3 is 0 Å². The van der Waals surface area contributed by atoms with E-state index in [1.165, 1.54) is 38.5 Å². The summed E-state index contributed by atoms with van der Waals surface area (Å²) >= 11 is 0. The third-order valence-electron chi connectivity index (χ3n) is 5.03. The lowest BCUT2D eigenvalue weighted by molar-refractivity contribution is -0.131. The van der Waals surface area contributed by atoms with Crippen molar-refractivity contribution in [2.45, 2.75) is 71.6 Å². The number of hydrogen-bond acceptors (Lipinski definition) is 3. The molecule has 1 heterocycles. The number of amides is 2. The monoisotopic (exact) mass is 353 g/mol. The Morgan fingerprint density at radius 1 is 0.800 bits per heavy atom. The number of unbranched alkanes of at least 4 members (excludes halogenated alkanes) is 6. The van der Waals surface area contributed by atoms with Gasteiger partial charge in [0.15, 0.2) is 0 Å². The van der Waals surface area contributed by atoms with E-state index in [2.05, 4.69) is 29.4 Å². The number of likely N-dealkylation sites (tertiary alicyclic amines) is 1. The van der Waals surface area contributed by atoms with Crippen molar-refractivity contribution in [2.24, 2.45) is 11.8 Å². The average Bonchev–Trinajstić information content (AvgIpc) is 2.60. The second-order valence-electron chi connectivity index (χ2n) is 7.55. The molecule has 0 aromatic rings. The van der Waals surface area contributed by atoms with E-state index in [-0.39, 0.29) is 23.7 Å². The zero-order valence-corrected chi connectivity index (χ0v) is 16.6. The van der Waals surface area contributed by atoms with Gasteiger partial charge in [-0.1, -0.05) is 52.4 Å². The summed E-state index contributed by atoms with van der Waals surface area (Å²) in [5.41, 5.74) is 0. The average molecular weight is 354 g/mol. The quantitative estimate of drug-likeness (QED) is 0.530. The SMILES string of the molecule is CCCCCCNC(=O)[C@@H]1C[C@H](C(=O)NCCCCCC)CN(C)C1. The first kappa shape index (κ1) is 21.9. The van der Waals surface area contributed by atoms with Crippen LogP contribution in [0.2, 0.25) is 0 Å². The molecule has 0 aliphatic carbocycles. The van der Waals surface area contributed by atoms with E-state index in [4.69, 9.17) is 0 Å². The highest BCUT2D eigenvalue weighted by Crippen LogP contribution is 2.21. The fraction of sp³-hybridized carbons (Fsp3) is 0.900. The van der Waals surface area contributed by atoms with E-state index in [1.54, 1.807) is 0 Å². The van der Waals surface area contributed by atoms with Gasteiger partial charge in [-0.05, 0) is 26.3 Å². The summed E-state index contributed by atoms with van der Waals surface area (Å²) in [5, 5.41) is 6.12. The zero-order chi connectivity index (χ0) is 18.5. The van der Waals surface area contributed by atoms with Gasteiger partial charge in [0.1, 0.15) is 0 Å². The van der Waals surface area contributed by atoms with Gasteiger partial charge in [-0.2, -0.15) is 0 Å². The molecule has 5 heteroatoms. The van der Waals surface area contributed by atoms with E-state index >= 15 is 0 Å². The lowest BCUT2D eigenvalue weighted by Crippen LogP contribution is -2.49. The van der Waals surface area contributed by atoms with E-state index in [9.17, 15) is 9.59 Å². The highest BCUT2D eigenvalue weighted by atomic mass is 16.2. The molecule has 146 valence electrons. The van der Waals surface area contributed by atoms with Crippen LogP contribution in [0.3, 0.4) is 0 Å². The molecule has 0 aromatic heterocycles. The van der Waals surface area contributed by atoms with Crippen molar-refractivity contribution in [1.82, 2.24) is 15.5 Å². The Morgan fingerprint density at radius 2 is 1.24 bits per heavy atom. The molecule has 0 radical (unpaired) electrons. The van der Waals surface area contributed by atoms with Crippen molar-refractivity contribution in [3.63, 3.8) is 0 Å². The van der Waals surface area contributed by atoms with Gasteiger partial charge in [-0.25, -0.2) is 0 Å². The first-order valence-electron chi connectivity index (χ1n) is 10.3. The minimum Gasteiger partial charge on any atom is -0.356 e. The van der Waals surface area contributed by atoms with Crippen molar-refractivity contribution in [1.29, 1.82) is 0 Å². The molecule has 1 aliphatic rings. The third-order valence-corrected chi connectivity index (χ3v) is 5.03. The first-order chi connectivity index (χ1) is 12.1. The van der Waals surface area contributed by atoms with Crippen LogP contribution in [0.15, 0.2) is 0 Å². The maximum atomic E-state index is 12.4. The van der Waals surface area contributed by atoms with Crippen LogP contribution in [0.4, 0.5) is 0 Å². The van der Waals surface area contributed by atoms with E-state index in [0.717, 1.165) is 39.0 Å². The summed E-state index contributed by atoms with van der Waals surface area (Å²) in [6, 6.07) is 0. The number of hydrogen-bond donors (Lipinski definition) is 2. The Morgan fingerprint density at radius 3 is 1.64 bits per heavy atom. The Labute approximate surface area is 154 Å². The topological polar surface area (TPSA) is 61.4 Å². The number of carbonyl (C=O) groups excluding carboxylic acids is 2. The summed E-state index contributed by atoms with van der Waals surface area (Å²) < 4.78 is 0. The first-order valence-corrected chi connectivity index (χ1v) is 10.3. The molecule has 25 heavy (non-hydrogen) atoms. The van der Waals surface area contributed by atoms with Crippen LogP contribution < -0.4 is 10.6 Å². The van der Waals surface area contributed by atoms with Crippen molar-refractivity contribution in [3.05, 3.63) is 0 Å². The van der Waals surface area contributed by atoms with Crippen LogP contribution in [0, 0.1) is 11.8 Å². The van der Waals surface area contributed by atoms with E-state index in [1.807, 2.05) is 7.05 Å². The standard InChI is InChI=1S/C20H39N3O2/c1-4-6-8-10-12-21-19(24)17-14-18(16-23(3)15-17)20(25)22-13-11-9-7-5-2/h17-18H,4-16H2,1-3H3,(H,21,24)(H,22,25)/t17-,18+. The molecule has 5 nitrogen and oxygen atoms in total. The molecule has 0 bridgehead atoms. The minimum absolute atomic E-state index is 0.0687. The molecule has 2 amide bonds. The second kappa shape index (κ2) is 13.2. The summed E-state index contributed by atoms with van der Waals surface area (Å²) in [6.45, 7) is 7.39. The van der Waals surface area contributed by atoms with E-state index < -0.39 is 0 Å². The predicted octanol–water partition coefficient (Wildman–Crippen LogP) is 2.95. The molecule has 2 atom stereocenters. The normalized spacial score (nSPS) is 21.1. The number of piperidine rings is 1. The number of rotatable bonds is 12. The Bertz CT molecular complexity index is 353. The maximum Gasteiger partial charge on any atom is 0.224 e. The lowest BCUT2D eigenvalue weighted by atomic mass is 9.88. The van der Waals surface area contributed by atoms with Gasteiger partial charge in [-0.3, -0.25) is 9.59 Å². The van der Waals surface area contributed by atoms with Crippen LogP contribution in [0.25, 0.3) is 0 Å². The molecule has 0 aromatic carbocycles. The lowest BCUT2D eigenvalue weighted by Gasteiger charge is -2.34. The van der Waals surface area contributed by atoms with Gasteiger partial charge in [0, 0.05) is 26.2 Å².